The van der Waals surface area contributed by atoms with Crippen LogP contribution in [0.15, 0.2) is 35.5 Å². The van der Waals surface area contributed by atoms with Crippen molar-refractivity contribution in [3.8, 4) is 5.88 Å². The Morgan fingerprint density at radius 3 is 2.38 bits per heavy atom. The molecule has 0 amide bonds. The Kier molecular flexibility index (Phi) is 18.3. The minimum atomic E-state index is 0.0747. The number of ether oxygens (including phenoxy) is 1. The number of hydrogen-bond acceptors (Lipinski definition) is 7. The van der Waals surface area contributed by atoms with Gasteiger partial charge in [0, 0.05) is 5.54 Å². The van der Waals surface area contributed by atoms with Crippen molar-refractivity contribution in [2.24, 2.45) is 46.2 Å². The molecule has 7 rings (SSSR count). The van der Waals surface area contributed by atoms with Crippen LogP contribution in [0.3, 0.4) is 0 Å². The van der Waals surface area contributed by atoms with Crippen LogP contribution >= 0.6 is 11.7 Å². The molecule has 6 nitrogen and oxygen atoms in total. The van der Waals surface area contributed by atoms with E-state index in [0.717, 1.165) is 61.4 Å². The van der Waals surface area contributed by atoms with Crippen molar-refractivity contribution in [3.05, 3.63) is 35.5 Å². The van der Waals surface area contributed by atoms with Gasteiger partial charge in [-0.05, 0) is 126 Å². The molecule has 1 aromatic heterocycles. The van der Waals surface area contributed by atoms with Crippen molar-refractivity contribution in [2.45, 2.75) is 197 Å². The summed E-state index contributed by atoms with van der Waals surface area (Å²) in [6.45, 7) is 34.5. The van der Waals surface area contributed by atoms with Crippen LogP contribution in [0.2, 0.25) is 0 Å². The Hall–Kier alpha value is -1.93. The quantitative estimate of drug-likeness (QED) is 0.208. The fourth-order valence-electron chi connectivity index (χ4n) is 12.5. The molecule has 1 saturated heterocycles. The molecular weight excluding hydrogens is 729 g/mol. The van der Waals surface area contributed by atoms with Gasteiger partial charge >= 0.3 is 144 Å². The molecule has 3 heterocycles. The molecule has 5 fully saturated rings. The Morgan fingerprint density at radius 2 is 1.72 bits per heavy atom. The predicted molar refractivity (Wildman–Crippen MR) is 255 cm³/mol. The van der Waals surface area contributed by atoms with Crippen molar-refractivity contribution < 1.29 is 4.74 Å². The largest absolute Gasteiger partial charge is 0.324 e. The number of nitrogens with zero attached hydrogens (tertiary/aromatic N) is 4. The molecule has 0 bridgehead atoms. The van der Waals surface area contributed by atoms with Gasteiger partial charge in [-0.25, -0.2) is 0 Å². The summed E-state index contributed by atoms with van der Waals surface area (Å²) in [5.41, 5.74) is 13.7. The van der Waals surface area contributed by atoms with Crippen LogP contribution in [0.5, 0.6) is 5.88 Å². The smallest absolute Gasteiger partial charge is 0.0245 e. The molecule has 58 heavy (non-hydrogen) atoms. The van der Waals surface area contributed by atoms with E-state index in [-0.39, 0.29) is 11.1 Å². The monoisotopic (exact) mass is 818 g/mol. The second-order valence-electron chi connectivity index (χ2n) is 20.5. The van der Waals surface area contributed by atoms with Crippen molar-refractivity contribution in [2.75, 3.05) is 31.1 Å². The zero-order chi connectivity index (χ0) is 42.7. The topological polar surface area (TPSA) is 67.5 Å². The summed E-state index contributed by atoms with van der Waals surface area (Å²) in [6.07, 6.45) is 25.3. The third-order valence-electron chi connectivity index (χ3n) is 15.5. The molecule has 0 aromatic carbocycles. The van der Waals surface area contributed by atoms with Crippen molar-refractivity contribution in [3.63, 3.8) is 0 Å². The molecule has 8 heteroatoms. The van der Waals surface area contributed by atoms with Crippen LogP contribution in [-0.4, -0.2) is 63.9 Å². The summed E-state index contributed by atoms with van der Waals surface area (Å²) in [5, 5.41) is 0. The van der Waals surface area contributed by atoms with Gasteiger partial charge in [0.25, 0.3) is 0 Å². The maximum Gasteiger partial charge on any atom is 0.0245 e. The fraction of sp³-hybridized carbons (Fsp3) is 0.820. The van der Waals surface area contributed by atoms with Crippen molar-refractivity contribution in [1.82, 2.24) is 13.6 Å². The van der Waals surface area contributed by atoms with Crippen molar-refractivity contribution >= 4 is 30.6 Å². The van der Waals surface area contributed by atoms with Gasteiger partial charge in [-0.2, -0.15) is 0 Å². The van der Waals surface area contributed by atoms with E-state index in [4.69, 9.17) is 10.5 Å². The van der Waals surface area contributed by atoms with E-state index in [0.29, 0.717) is 23.4 Å². The summed E-state index contributed by atoms with van der Waals surface area (Å²) >= 11 is 1.26. The van der Waals surface area contributed by atoms with E-state index in [1.807, 2.05) is 26.3 Å². The predicted octanol–water partition coefficient (Wildman–Crippen LogP) is 12.9. The molecule has 328 valence electrons. The van der Waals surface area contributed by atoms with Crippen LogP contribution in [-0.2, 0) is 0 Å². The molecule has 8 atom stereocenters. The van der Waals surface area contributed by atoms with Crippen LogP contribution in [0.25, 0.3) is 0 Å². The SMILES string of the molecule is C=CC.CC.CC(C)(C)N1B=CCC(COc2nsnc2N2CCCCC2)C1.CCC1CC2(C)C(CCC3(N)C2CCC2CCCCC23C)/C1=C(/C)CCC=C(C)C. The molecule has 8 unspecified atom stereocenters. The Bertz CT molecular complexity index is 1520. The second kappa shape index (κ2) is 21.7. The summed E-state index contributed by atoms with van der Waals surface area (Å²) in [4.78, 5) is 4.72. The number of allylic oxidation sites excluding steroid dienone is 5. The number of anilines is 1. The molecule has 4 saturated carbocycles. The molecule has 1 aromatic rings. The van der Waals surface area contributed by atoms with Gasteiger partial charge in [0.2, 0.25) is 0 Å². The third-order valence-corrected chi connectivity index (χ3v) is 16.0. The van der Waals surface area contributed by atoms with E-state index in [2.05, 4.69) is 106 Å². The van der Waals surface area contributed by atoms with E-state index in [9.17, 15) is 0 Å². The Morgan fingerprint density at radius 1 is 1.02 bits per heavy atom. The molecule has 2 N–H and O–H groups in total. The van der Waals surface area contributed by atoms with Gasteiger partial charge in [0.05, 0.1) is 0 Å². The summed E-state index contributed by atoms with van der Waals surface area (Å²) in [7, 11) is 2.22. The summed E-state index contributed by atoms with van der Waals surface area (Å²) in [6, 6.07) is 0. The first-order chi connectivity index (χ1) is 27.6. The summed E-state index contributed by atoms with van der Waals surface area (Å²) in [5.74, 6) is 7.65. The second-order valence-corrected chi connectivity index (χ2v) is 21.0. The first kappa shape index (κ1) is 48.7. The fourth-order valence-corrected chi connectivity index (χ4v) is 13.0. The zero-order valence-corrected chi connectivity index (χ0v) is 40.5. The van der Waals surface area contributed by atoms with Gasteiger partial charge in [0.15, 0.2) is 0 Å². The average Bonchev–Trinajstić information content (AvgIpc) is 3.80. The maximum absolute atomic E-state index is 7.59. The Labute approximate surface area is 362 Å². The zero-order valence-electron chi connectivity index (χ0n) is 39.7. The number of piperidine rings is 1. The van der Waals surface area contributed by atoms with Gasteiger partial charge in [-0.3, -0.25) is 0 Å². The number of fused-ring (bicyclic) bond motifs is 5. The van der Waals surface area contributed by atoms with Crippen LogP contribution in [0.4, 0.5) is 5.82 Å². The molecule has 0 radical (unpaired) electrons. The normalized spacial score (nSPS) is 33.5. The van der Waals surface area contributed by atoms with E-state index in [1.54, 1.807) is 11.6 Å². The van der Waals surface area contributed by atoms with Crippen LogP contribution in [0, 0.1) is 40.4 Å². The van der Waals surface area contributed by atoms with E-state index < -0.39 is 0 Å². The minimum absolute atomic E-state index is 0.0747. The molecule has 0 spiro atoms. The number of aromatic nitrogens is 2. The summed E-state index contributed by atoms with van der Waals surface area (Å²) < 4.78 is 14.9. The molecule has 2 aliphatic heterocycles. The molecule has 4 aliphatic carbocycles. The van der Waals surface area contributed by atoms with E-state index in [1.165, 1.54) is 114 Å². The van der Waals surface area contributed by atoms with Gasteiger partial charge < -0.3 is 5.73 Å². The first-order valence-corrected chi connectivity index (χ1v) is 24.7. The third kappa shape index (κ3) is 10.9. The molecule has 6 aliphatic rings. The van der Waals surface area contributed by atoms with Gasteiger partial charge in [-0.15, -0.1) is 6.58 Å². The average molecular weight is 818 g/mol. The number of rotatable bonds is 8. The molecular formula is C50H88BN5OS. The number of nitrogens with two attached hydrogens (primary N) is 1. The van der Waals surface area contributed by atoms with Gasteiger partial charge in [0.1, 0.15) is 0 Å². The number of hydrogen-bond donors (Lipinski definition) is 1. The maximum atomic E-state index is 7.59. The standard InChI is InChI=1S/C29H49N.C16H27BN4OS.C3H6.C2H6/c1-7-22-19-27(5)24(26(22)21(4)12-10-11-20(2)3)16-18-29(30)25(27)15-14-23-13-8-9-17-28(23,29)6;1-16(2,3)21-11-13(7-8-17-21)12-22-15-14(18-23-19-15)20-9-5-4-6-10-20;1-3-2;1-2/h11,22-25H,7-10,12-19,30H2,1-6H3;8,13H,4-7,9-12H2,1-3H3;3H,1H2,2H3;1-2H3/b26-21-;;;. The van der Waals surface area contributed by atoms with Crippen LogP contribution in [0.1, 0.15) is 186 Å². The Balaban J connectivity index is 0.000000238. The van der Waals surface area contributed by atoms with Crippen LogP contribution < -0.4 is 15.4 Å². The van der Waals surface area contributed by atoms with Gasteiger partial charge in [-0.1, -0.05) is 76.3 Å². The first-order valence-electron chi connectivity index (χ1n) is 23.9. The minimum Gasteiger partial charge on any atom is -0.324 e. The van der Waals surface area contributed by atoms with E-state index >= 15 is 0 Å². The van der Waals surface area contributed by atoms with Crippen molar-refractivity contribution in [1.29, 1.82) is 0 Å².